The van der Waals surface area contributed by atoms with Crippen LogP contribution in [0.2, 0.25) is 0 Å². The monoisotopic (exact) mass is 166 g/mol. The normalized spacial score (nSPS) is 11.3. The summed E-state index contributed by atoms with van der Waals surface area (Å²) in [6.07, 6.45) is 2.03. The van der Waals surface area contributed by atoms with Gasteiger partial charge in [0.05, 0.1) is 13.2 Å². The molecule has 0 atom stereocenters. The molecule has 0 aliphatic rings. The Balaban J connectivity index is 3.14. The van der Waals surface area contributed by atoms with E-state index in [2.05, 4.69) is 25.3 Å². The number of methoxy groups -OCH3 is 1. The van der Waals surface area contributed by atoms with Crippen LogP contribution < -0.4 is 9.30 Å². The predicted molar refractivity (Wildman–Crippen MR) is 48.2 cm³/mol. The Labute approximate surface area is 73.8 Å². The van der Waals surface area contributed by atoms with E-state index in [4.69, 9.17) is 4.74 Å². The van der Waals surface area contributed by atoms with Crippen molar-refractivity contribution in [1.29, 1.82) is 0 Å². The molecule has 1 aromatic heterocycles. The standard InChI is InChI=1S/C10H16NO/c1-10(2,3)11-8-6-5-7-9(11)12-4/h5-8H,1-4H3/q+1. The highest BCUT2D eigenvalue weighted by Crippen LogP contribution is 2.10. The molecule has 0 aromatic carbocycles. The summed E-state index contributed by atoms with van der Waals surface area (Å²) in [6, 6.07) is 5.94. The van der Waals surface area contributed by atoms with Gasteiger partial charge in [-0.05, 0) is 6.07 Å². The third-order valence-corrected chi connectivity index (χ3v) is 1.75. The maximum Gasteiger partial charge on any atom is 0.367 e. The number of ether oxygens (including phenoxy) is 1. The van der Waals surface area contributed by atoms with Gasteiger partial charge in [0.15, 0.2) is 11.7 Å². The van der Waals surface area contributed by atoms with Gasteiger partial charge in [-0.2, -0.15) is 4.57 Å². The molecule has 0 bridgehead atoms. The molecule has 2 heteroatoms. The molecule has 0 radical (unpaired) electrons. The molecule has 12 heavy (non-hydrogen) atoms. The summed E-state index contributed by atoms with van der Waals surface area (Å²) >= 11 is 0. The first-order valence-corrected chi connectivity index (χ1v) is 4.11. The molecule has 0 aliphatic heterocycles. The molecule has 1 rings (SSSR count). The van der Waals surface area contributed by atoms with E-state index in [1.165, 1.54) is 0 Å². The number of hydrogen-bond donors (Lipinski definition) is 0. The van der Waals surface area contributed by atoms with Crippen molar-refractivity contribution in [3.05, 3.63) is 24.4 Å². The molecule has 0 fully saturated rings. The number of hydrogen-bond acceptors (Lipinski definition) is 1. The highest BCUT2D eigenvalue weighted by atomic mass is 16.5. The maximum absolute atomic E-state index is 5.23. The quantitative estimate of drug-likeness (QED) is 0.579. The Bertz CT molecular complexity index is 263. The molecule has 1 aromatic rings. The smallest absolute Gasteiger partial charge is 0.367 e. The molecule has 0 amide bonds. The van der Waals surface area contributed by atoms with Crippen LogP contribution in [0.5, 0.6) is 5.88 Å². The van der Waals surface area contributed by atoms with Crippen molar-refractivity contribution in [2.45, 2.75) is 26.3 Å². The highest BCUT2D eigenvalue weighted by molar-refractivity contribution is 5.02. The fraction of sp³-hybridized carbons (Fsp3) is 0.500. The van der Waals surface area contributed by atoms with Gasteiger partial charge in [0.25, 0.3) is 0 Å². The van der Waals surface area contributed by atoms with Crippen LogP contribution in [0.1, 0.15) is 20.8 Å². The average molecular weight is 166 g/mol. The summed E-state index contributed by atoms with van der Waals surface area (Å²) in [7, 11) is 1.69. The molecular formula is C10H16NO+. The highest BCUT2D eigenvalue weighted by Gasteiger charge is 2.25. The Hall–Kier alpha value is -1.05. The molecule has 0 aliphatic carbocycles. The first kappa shape index (κ1) is 9.04. The largest absolute Gasteiger partial charge is 0.448 e. The van der Waals surface area contributed by atoms with Crippen molar-refractivity contribution in [3.8, 4) is 5.88 Å². The molecule has 2 nitrogen and oxygen atoms in total. The molecule has 66 valence electrons. The molecule has 0 spiro atoms. The second-order valence-electron chi connectivity index (χ2n) is 3.78. The Morgan fingerprint density at radius 2 is 1.92 bits per heavy atom. The van der Waals surface area contributed by atoms with E-state index in [0.717, 1.165) is 5.88 Å². The number of rotatable bonds is 1. The minimum atomic E-state index is 0.0760. The minimum absolute atomic E-state index is 0.0760. The van der Waals surface area contributed by atoms with Crippen LogP contribution in [0.3, 0.4) is 0 Å². The third-order valence-electron chi connectivity index (χ3n) is 1.75. The summed E-state index contributed by atoms with van der Waals surface area (Å²) < 4.78 is 7.34. The van der Waals surface area contributed by atoms with Gasteiger partial charge in [0.1, 0.15) is 0 Å². The second kappa shape index (κ2) is 3.13. The lowest BCUT2D eigenvalue weighted by Crippen LogP contribution is -2.50. The van der Waals surface area contributed by atoms with Crippen LogP contribution in [0, 0.1) is 0 Å². The van der Waals surface area contributed by atoms with E-state index in [9.17, 15) is 0 Å². The maximum atomic E-state index is 5.23. The fourth-order valence-electron chi connectivity index (χ4n) is 1.15. The molecule has 0 unspecified atom stereocenters. The number of nitrogens with zero attached hydrogens (tertiary/aromatic N) is 1. The van der Waals surface area contributed by atoms with Crippen molar-refractivity contribution >= 4 is 0 Å². The minimum Gasteiger partial charge on any atom is -0.448 e. The second-order valence-corrected chi connectivity index (χ2v) is 3.78. The third kappa shape index (κ3) is 1.76. The SMILES string of the molecule is COc1cccc[n+]1C(C)(C)C. The van der Waals surface area contributed by atoms with Gasteiger partial charge in [-0.3, -0.25) is 0 Å². The van der Waals surface area contributed by atoms with Crippen LogP contribution >= 0.6 is 0 Å². The number of aromatic nitrogens is 1. The van der Waals surface area contributed by atoms with Gasteiger partial charge in [-0.15, -0.1) is 0 Å². The van der Waals surface area contributed by atoms with E-state index in [1.54, 1.807) is 7.11 Å². The Kier molecular flexibility index (Phi) is 2.36. The lowest BCUT2D eigenvalue weighted by atomic mass is 10.1. The zero-order valence-corrected chi connectivity index (χ0v) is 8.16. The van der Waals surface area contributed by atoms with Crippen LogP contribution in [0.4, 0.5) is 0 Å². The summed E-state index contributed by atoms with van der Waals surface area (Å²) in [5.74, 6) is 0.894. The van der Waals surface area contributed by atoms with Gasteiger partial charge >= 0.3 is 5.88 Å². The fourth-order valence-corrected chi connectivity index (χ4v) is 1.15. The van der Waals surface area contributed by atoms with Crippen molar-refractivity contribution < 1.29 is 9.30 Å². The first-order chi connectivity index (χ1) is 5.55. The molecule has 0 saturated carbocycles. The van der Waals surface area contributed by atoms with E-state index in [1.807, 2.05) is 24.4 Å². The molecule has 0 N–H and O–H groups in total. The van der Waals surface area contributed by atoms with Crippen molar-refractivity contribution in [2.24, 2.45) is 0 Å². The average Bonchev–Trinajstić information content (AvgIpc) is 2.03. The predicted octanol–water partition coefficient (Wildman–Crippen LogP) is 1.74. The summed E-state index contributed by atoms with van der Waals surface area (Å²) in [6.45, 7) is 6.44. The van der Waals surface area contributed by atoms with Gasteiger partial charge in [-0.25, -0.2) is 0 Å². The topological polar surface area (TPSA) is 13.1 Å². The van der Waals surface area contributed by atoms with E-state index >= 15 is 0 Å². The van der Waals surface area contributed by atoms with Crippen LogP contribution in [-0.2, 0) is 5.54 Å². The number of pyridine rings is 1. The Morgan fingerprint density at radius 1 is 1.25 bits per heavy atom. The summed E-state index contributed by atoms with van der Waals surface area (Å²) in [5, 5.41) is 0. The van der Waals surface area contributed by atoms with Crippen molar-refractivity contribution in [1.82, 2.24) is 0 Å². The van der Waals surface area contributed by atoms with E-state index in [0.29, 0.717) is 0 Å². The molecule has 0 saturated heterocycles. The van der Waals surface area contributed by atoms with Gasteiger partial charge in [0.2, 0.25) is 0 Å². The van der Waals surface area contributed by atoms with Crippen molar-refractivity contribution in [3.63, 3.8) is 0 Å². The first-order valence-electron chi connectivity index (χ1n) is 4.11. The van der Waals surface area contributed by atoms with Gasteiger partial charge in [-0.1, -0.05) is 0 Å². The molecular weight excluding hydrogens is 150 g/mol. The van der Waals surface area contributed by atoms with E-state index in [-0.39, 0.29) is 5.54 Å². The zero-order chi connectivity index (χ0) is 9.19. The van der Waals surface area contributed by atoms with Crippen molar-refractivity contribution in [2.75, 3.05) is 7.11 Å². The van der Waals surface area contributed by atoms with Crippen LogP contribution in [-0.4, -0.2) is 7.11 Å². The molecule has 1 heterocycles. The lowest BCUT2D eigenvalue weighted by molar-refractivity contribution is -0.757. The summed E-state index contributed by atoms with van der Waals surface area (Å²) in [5.41, 5.74) is 0.0760. The van der Waals surface area contributed by atoms with Gasteiger partial charge < -0.3 is 4.74 Å². The van der Waals surface area contributed by atoms with E-state index < -0.39 is 0 Å². The van der Waals surface area contributed by atoms with Crippen LogP contribution in [0.25, 0.3) is 0 Å². The summed E-state index contributed by atoms with van der Waals surface area (Å²) in [4.78, 5) is 0. The zero-order valence-electron chi connectivity index (χ0n) is 8.16. The Morgan fingerprint density at radius 3 is 2.33 bits per heavy atom. The lowest BCUT2D eigenvalue weighted by Gasteiger charge is -2.14. The van der Waals surface area contributed by atoms with Crippen LogP contribution in [0.15, 0.2) is 24.4 Å². The van der Waals surface area contributed by atoms with Gasteiger partial charge in [0, 0.05) is 26.8 Å².